The molecule has 0 bridgehead atoms. The topological polar surface area (TPSA) is 104 Å². The quantitative estimate of drug-likeness (QED) is 0.534. The van der Waals surface area contributed by atoms with E-state index in [2.05, 4.69) is 19.5 Å². The van der Waals surface area contributed by atoms with E-state index in [-0.39, 0.29) is 23.6 Å². The first-order valence-electron chi connectivity index (χ1n) is 12.3. The van der Waals surface area contributed by atoms with Crippen LogP contribution in [-0.2, 0) is 16.6 Å². The van der Waals surface area contributed by atoms with E-state index in [4.69, 9.17) is 9.47 Å². The third-order valence-corrected chi connectivity index (χ3v) is 8.42. The summed E-state index contributed by atoms with van der Waals surface area (Å²) in [6, 6.07) is 16.7. The summed E-state index contributed by atoms with van der Waals surface area (Å²) in [6.07, 6.45) is 2.40. The van der Waals surface area contributed by atoms with Crippen molar-refractivity contribution in [2.24, 2.45) is 0 Å². The lowest BCUT2D eigenvalue weighted by Gasteiger charge is -2.30. The number of likely N-dealkylation sites (tertiary alicyclic amines) is 1. The Morgan fingerprint density at radius 2 is 1.86 bits per heavy atom. The molecule has 1 saturated heterocycles. The van der Waals surface area contributed by atoms with E-state index < -0.39 is 16.1 Å². The van der Waals surface area contributed by atoms with Crippen molar-refractivity contribution in [2.45, 2.75) is 29.7 Å². The zero-order chi connectivity index (χ0) is 26.0. The highest BCUT2D eigenvalue weighted by molar-refractivity contribution is 7.89. The lowest BCUT2D eigenvalue weighted by molar-refractivity contribution is 0.0713. The first-order chi connectivity index (χ1) is 17.8. The zero-order valence-corrected chi connectivity index (χ0v) is 21.8. The van der Waals surface area contributed by atoms with E-state index >= 15 is 0 Å². The van der Waals surface area contributed by atoms with Crippen LogP contribution in [0.3, 0.4) is 0 Å². The number of rotatable bonds is 4. The van der Waals surface area contributed by atoms with E-state index in [1.165, 1.54) is 0 Å². The van der Waals surface area contributed by atoms with Crippen molar-refractivity contribution in [1.82, 2.24) is 19.5 Å². The number of benzene rings is 2. The Kier molecular flexibility index (Phi) is 7.45. The molecular weight excluding hydrogens is 492 g/mol. The minimum atomic E-state index is -3.91. The summed E-state index contributed by atoms with van der Waals surface area (Å²) < 4.78 is 41.0. The first kappa shape index (κ1) is 25.6. The molecule has 10 heteroatoms. The Labute approximate surface area is 217 Å². The van der Waals surface area contributed by atoms with Gasteiger partial charge < -0.3 is 14.6 Å². The van der Waals surface area contributed by atoms with Crippen LogP contribution in [0.25, 0.3) is 11.1 Å². The zero-order valence-electron chi connectivity index (χ0n) is 20.9. The second-order valence-corrected chi connectivity index (χ2v) is 11.3. The van der Waals surface area contributed by atoms with Crippen molar-refractivity contribution < 1.29 is 23.0 Å². The maximum absolute atomic E-state index is 13.2. The van der Waals surface area contributed by atoms with Gasteiger partial charge in [-0.05, 0) is 60.1 Å². The summed E-state index contributed by atoms with van der Waals surface area (Å²) >= 11 is 0. The van der Waals surface area contributed by atoms with Crippen LogP contribution < -0.4 is 14.2 Å². The third-order valence-electron chi connectivity index (χ3n) is 6.96. The van der Waals surface area contributed by atoms with Gasteiger partial charge in [-0.1, -0.05) is 18.2 Å². The summed E-state index contributed by atoms with van der Waals surface area (Å²) in [5.41, 5.74) is 2.85. The number of ether oxygens (including phenoxy) is 2. The molecule has 0 saturated carbocycles. The average Bonchev–Trinajstić information content (AvgIpc) is 3.29. The average molecular weight is 525 g/mol. The molecule has 0 aliphatic carbocycles. The predicted octanol–water partition coefficient (Wildman–Crippen LogP) is 1.97. The summed E-state index contributed by atoms with van der Waals surface area (Å²) in [6.45, 7) is 2.31. The number of aliphatic hydroxyl groups is 1. The lowest BCUT2D eigenvalue weighted by atomic mass is 10.1. The van der Waals surface area contributed by atoms with E-state index in [1.54, 1.807) is 37.7 Å². The van der Waals surface area contributed by atoms with Crippen molar-refractivity contribution in [3.05, 3.63) is 72.6 Å². The normalized spacial score (nSPS) is 24.4. The Balaban J connectivity index is 1.52. The van der Waals surface area contributed by atoms with Crippen LogP contribution in [-0.4, -0.2) is 86.9 Å². The summed E-state index contributed by atoms with van der Waals surface area (Å²) in [7, 11) is -0.354. The Bertz CT molecular complexity index is 1340. The monoisotopic (exact) mass is 524 g/mol. The van der Waals surface area contributed by atoms with Crippen molar-refractivity contribution in [1.29, 1.82) is 0 Å². The fourth-order valence-corrected chi connectivity index (χ4v) is 6.22. The van der Waals surface area contributed by atoms with E-state index in [0.29, 0.717) is 24.6 Å². The number of nitrogens with zero attached hydrogens (tertiary/aromatic N) is 3. The number of sulfonamides is 1. The van der Waals surface area contributed by atoms with E-state index in [9.17, 15) is 13.5 Å². The molecule has 1 aromatic heterocycles. The predicted molar refractivity (Wildman–Crippen MR) is 140 cm³/mol. The maximum atomic E-state index is 13.2. The molecule has 5 rings (SSSR count). The van der Waals surface area contributed by atoms with Crippen molar-refractivity contribution >= 4 is 10.0 Å². The molecule has 9 nitrogen and oxygen atoms in total. The van der Waals surface area contributed by atoms with Gasteiger partial charge in [-0.3, -0.25) is 14.8 Å². The van der Waals surface area contributed by atoms with Crippen LogP contribution in [0, 0.1) is 0 Å². The SMILES string of the molecule is COc1cccc(-c2ccc3c(c2)O[C@H]2CN(Cc4ccncc4)C[C@H]2N(C)C[C@@H](O)CNS3(=O)=O)c1. The summed E-state index contributed by atoms with van der Waals surface area (Å²) in [4.78, 5) is 8.51. The van der Waals surface area contributed by atoms with Gasteiger partial charge in [0.2, 0.25) is 10.0 Å². The molecule has 0 radical (unpaired) electrons. The van der Waals surface area contributed by atoms with Crippen LogP contribution in [0.2, 0.25) is 0 Å². The van der Waals surface area contributed by atoms with Crippen LogP contribution in [0.4, 0.5) is 0 Å². The van der Waals surface area contributed by atoms with Gasteiger partial charge in [-0.15, -0.1) is 0 Å². The lowest BCUT2D eigenvalue weighted by Crippen LogP contribution is -2.47. The highest BCUT2D eigenvalue weighted by atomic mass is 32.2. The highest BCUT2D eigenvalue weighted by Gasteiger charge is 2.39. The van der Waals surface area contributed by atoms with Crippen LogP contribution in [0.15, 0.2) is 71.9 Å². The van der Waals surface area contributed by atoms with Crippen LogP contribution in [0.5, 0.6) is 11.5 Å². The van der Waals surface area contributed by atoms with Gasteiger partial charge in [0.1, 0.15) is 22.5 Å². The molecule has 3 atom stereocenters. The Morgan fingerprint density at radius 1 is 1.08 bits per heavy atom. The fraction of sp³-hybridized carbons (Fsp3) is 0.370. The van der Waals surface area contributed by atoms with Crippen molar-refractivity contribution in [2.75, 3.05) is 40.3 Å². The number of aliphatic hydroxyl groups excluding tert-OH is 1. The maximum Gasteiger partial charge on any atom is 0.244 e. The van der Waals surface area contributed by atoms with E-state index in [1.807, 2.05) is 43.4 Å². The molecule has 1 fully saturated rings. The minimum absolute atomic E-state index is 0.0365. The third kappa shape index (κ3) is 5.78. The largest absolute Gasteiger partial charge is 0.497 e. The Hall–Kier alpha value is -3.02. The van der Waals surface area contributed by atoms with Crippen LogP contribution in [0.1, 0.15) is 5.56 Å². The molecule has 2 N–H and O–H groups in total. The van der Waals surface area contributed by atoms with Gasteiger partial charge in [0.25, 0.3) is 0 Å². The van der Waals surface area contributed by atoms with Crippen molar-refractivity contribution in [3.63, 3.8) is 0 Å². The van der Waals surface area contributed by atoms with E-state index in [0.717, 1.165) is 29.8 Å². The number of hydrogen-bond acceptors (Lipinski definition) is 8. The molecule has 2 aliphatic rings. The standard InChI is InChI=1S/C27H32N4O5S/c1-30-16-22(32)14-29-37(33,34)27-7-6-21(20-4-3-5-23(12-20)35-2)13-25(27)36-26-18-31(17-24(26)30)15-19-8-10-28-11-9-19/h3-13,22,24,26,29,32H,14-18H2,1-2H3/t22-,24+,26-/m0/s1. The van der Waals surface area contributed by atoms with Gasteiger partial charge in [0.15, 0.2) is 0 Å². The Morgan fingerprint density at radius 3 is 2.65 bits per heavy atom. The minimum Gasteiger partial charge on any atom is -0.497 e. The smallest absolute Gasteiger partial charge is 0.244 e. The molecule has 3 aromatic rings. The van der Waals surface area contributed by atoms with Gasteiger partial charge in [0, 0.05) is 45.1 Å². The highest BCUT2D eigenvalue weighted by Crippen LogP contribution is 2.34. The number of fused-ring (bicyclic) bond motifs is 2. The summed E-state index contributed by atoms with van der Waals surface area (Å²) in [5.74, 6) is 1.00. The number of aromatic nitrogens is 1. The van der Waals surface area contributed by atoms with Crippen LogP contribution >= 0.6 is 0 Å². The first-order valence-corrected chi connectivity index (χ1v) is 13.7. The molecule has 37 heavy (non-hydrogen) atoms. The number of β-amino-alcohol motifs (C(OH)–C–C–N with tert-alkyl or cyclic N) is 1. The van der Waals surface area contributed by atoms with Crippen molar-refractivity contribution in [3.8, 4) is 22.6 Å². The molecule has 0 spiro atoms. The molecule has 2 aromatic carbocycles. The second-order valence-electron chi connectivity index (χ2n) is 9.61. The van der Waals surface area contributed by atoms with Gasteiger partial charge in [-0.25, -0.2) is 13.1 Å². The second kappa shape index (κ2) is 10.8. The molecule has 0 amide bonds. The molecule has 0 unspecified atom stereocenters. The van der Waals surface area contributed by atoms with Gasteiger partial charge >= 0.3 is 0 Å². The molecular formula is C27H32N4O5S. The number of nitrogens with one attached hydrogen (secondary N) is 1. The number of methoxy groups -OCH3 is 1. The molecule has 2 aliphatic heterocycles. The number of likely N-dealkylation sites (N-methyl/N-ethyl adjacent to an activating group) is 1. The van der Waals surface area contributed by atoms with Gasteiger partial charge in [0.05, 0.1) is 19.3 Å². The number of hydrogen-bond donors (Lipinski definition) is 2. The molecule has 196 valence electrons. The summed E-state index contributed by atoms with van der Waals surface area (Å²) in [5, 5.41) is 10.6. The molecule has 3 heterocycles. The van der Waals surface area contributed by atoms with Gasteiger partial charge in [-0.2, -0.15) is 0 Å². The fourth-order valence-electron chi connectivity index (χ4n) is 5.03. The number of pyridine rings is 1.